The number of nitrogens with zero attached hydrogens (tertiary/aromatic N) is 1. The molecule has 1 aromatic rings. The summed E-state index contributed by atoms with van der Waals surface area (Å²) < 4.78 is 1.64. The Morgan fingerprint density at radius 1 is 0.759 bits per heavy atom. The van der Waals surface area contributed by atoms with Crippen LogP contribution in [0.4, 0.5) is 0 Å². The topological polar surface area (TPSA) is 38.0 Å². The Morgan fingerprint density at radius 2 is 1.24 bits per heavy atom. The van der Waals surface area contributed by atoms with Crippen LogP contribution in [0.3, 0.4) is 0 Å². The van der Waals surface area contributed by atoms with Gasteiger partial charge in [-0.3, -0.25) is 9.59 Å². The largest absolute Gasteiger partial charge is 0.287 e. The molecular formula is C25H41ClNO2+. The van der Waals surface area contributed by atoms with E-state index in [1.807, 2.05) is 12.1 Å². The minimum absolute atomic E-state index is 0.0440. The van der Waals surface area contributed by atoms with E-state index in [4.69, 9.17) is 11.6 Å². The molecule has 1 aromatic heterocycles. The monoisotopic (exact) mass is 422 g/mol. The highest BCUT2D eigenvalue weighted by atomic mass is 35.5. The number of hydrogen-bond donors (Lipinski definition) is 0. The zero-order valence-electron chi connectivity index (χ0n) is 18.5. The van der Waals surface area contributed by atoms with Gasteiger partial charge in [0.25, 0.3) is 5.24 Å². The number of ketones is 1. The lowest BCUT2D eigenvalue weighted by Gasteiger charge is -2.04. The number of hydrogen-bond acceptors (Lipinski definition) is 2. The summed E-state index contributed by atoms with van der Waals surface area (Å²) in [5.74, 6) is 0.0956. The van der Waals surface area contributed by atoms with Gasteiger partial charge in [0.2, 0.25) is 18.0 Å². The van der Waals surface area contributed by atoms with Crippen LogP contribution in [0.25, 0.3) is 0 Å². The molecule has 0 fully saturated rings. The summed E-state index contributed by atoms with van der Waals surface area (Å²) in [7, 11) is 0. The SMILES string of the molecule is CCCCCCCCCCCCCCCCCC(=O)c1cccc[n+]1CC(=O)Cl. The summed E-state index contributed by atoms with van der Waals surface area (Å²) in [5, 5.41) is -0.456. The molecule has 0 aliphatic rings. The van der Waals surface area contributed by atoms with Crippen LogP contribution >= 0.6 is 11.6 Å². The Labute approximate surface area is 183 Å². The van der Waals surface area contributed by atoms with Crippen molar-refractivity contribution in [3.63, 3.8) is 0 Å². The highest BCUT2D eigenvalue weighted by Gasteiger charge is 2.19. The van der Waals surface area contributed by atoms with E-state index >= 15 is 0 Å². The van der Waals surface area contributed by atoms with Gasteiger partial charge in [-0.15, -0.1) is 0 Å². The van der Waals surface area contributed by atoms with Gasteiger partial charge in [0.1, 0.15) is 0 Å². The van der Waals surface area contributed by atoms with E-state index in [0.717, 1.165) is 12.8 Å². The maximum absolute atomic E-state index is 12.4. The predicted molar refractivity (Wildman–Crippen MR) is 121 cm³/mol. The van der Waals surface area contributed by atoms with Crippen LogP contribution in [-0.4, -0.2) is 11.0 Å². The van der Waals surface area contributed by atoms with Gasteiger partial charge in [-0.1, -0.05) is 96.8 Å². The molecule has 0 saturated heterocycles. The molecule has 1 heterocycles. The highest BCUT2D eigenvalue weighted by Crippen LogP contribution is 2.14. The van der Waals surface area contributed by atoms with Crippen LogP contribution in [0.2, 0.25) is 0 Å². The summed E-state index contributed by atoms with van der Waals surface area (Å²) in [6, 6.07) is 5.41. The Kier molecular flexibility index (Phi) is 15.7. The molecule has 0 bridgehead atoms. The van der Waals surface area contributed by atoms with E-state index in [1.54, 1.807) is 16.8 Å². The van der Waals surface area contributed by atoms with Gasteiger partial charge in [-0.25, -0.2) is 0 Å². The lowest BCUT2D eigenvalue weighted by molar-refractivity contribution is -0.685. The number of rotatable bonds is 19. The molecule has 29 heavy (non-hydrogen) atoms. The first kappa shape index (κ1) is 25.8. The van der Waals surface area contributed by atoms with Crippen molar-refractivity contribution in [1.29, 1.82) is 0 Å². The van der Waals surface area contributed by atoms with Crippen LogP contribution in [-0.2, 0) is 11.3 Å². The van der Waals surface area contributed by atoms with Gasteiger partial charge in [0.15, 0.2) is 6.20 Å². The number of halogens is 1. The van der Waals surface area contributed by atoms with E-state index < -0.39 is 5.24 Å². The molecule has 0 aliphatic carbocycles. The van der Waals surface area contributed by atoms with Crippen molar-refractivity contribution >= 4 is 22.6 Å². The summed E-state index contributed by atoms with van der Waals surface area (Å²) in [4.78, 5) is 23.5. The molecule has 0 saturated carbocycles. The molecule has 0 spiro atoms. The molecule has 0 aromatic carbocycles. The van der Waals surface area contributed by atoms with Crippen LogP contribution in [0.5, 0.6) is 0 Å². The number of unbranched alkanes of at least 4 members (excludes halogenated alkanes) is 14. The quantitative estimate of drug-likeness (QED) is 0.102. The second-order valence-electron chi connectivity index (χ2n) is 8.19. The van der Waals surface area contributed by atoms with Crippen LogP contribution in [0, 0.1) is 0 Å². The molecule has 164 valence electrons. The Morgan fingerprint density at radius 3 is 1.72 bits per heavy atom. The van der Waals surface area contributed by atoms with Crippen molar-refractivity contribution in [3.05, 3.63) is 30.1 Å². The van der Waals surface area contributed by atoms with Crippen molar-refractivity contribution in [1.82, 2.24) is 0 Å². The van der Waals surface area contributed by atoms with Gasteiger partial charge in [0, 0.05) is 18.6 Å². The van der Waals surface area contributed by atoms with Crippen molar-refractivity contribution < 1.29 is 14.2 Å². The average molecular weight is 423 g/mol. The van der Waals surface area contributed by atoms with Gasteiger partial charge in [0.05, 0.1) is 0 Å². The molecule has 4 heteroatoms. The number of Topliss-reactive ketones (excluding diaryl/α,β-unsaturated/α-hetero) is 1. The fraction of sp³-hybridized carbons (Fsp3) is 0.720. The van der Waals surface area contributed by atoms with Crippen molar-refractivity contribution in [2.45, 2.75) is 116 Å². The first-order chi connectivity index (χ1) is 14.1. The van der Waals surface area contributed by atoms with Gasteiger partial charge in [-0.2, -0.15) is 4.57 Å². The number of carbonyl (C=O) groups is 2. The average Bonchev–Trinajstić information content (AvgIpc) is 2.70. The third-order valence-electron chi connectivity index (χ3n) is 5.53. The van der Waals surface area contributed by atoms with Crippen LogP contribution in [0.1, 0.15) is 120 Å². The molecule has 1 rings (SSSR count). The van der Waals surface area contributed by atoms with Crippen LogP contribution in [0.15, 0.2) is 24.4 Å². The van der Waals surface area contributed by atoms with Gasteiger partial charge in [-0.05, 0) is 24.1 Å². The second kappa shape index (κ2) is 17.6. The predicted octanol–water partition coefficient (Wildman–Crippen LogP) is 7.18. The molecule has 0 amide bonds. The fourth-order valence-electron chi connectivity index (χ4n) is 3.79. The smallest absolute Gasteiger partial charge is 0.286 e. The molecule has 0 unspecified atom stereocenters. The fourth-order valence-corrected chi connectivity index (χ4v) is 3.91. The van der Waals surface area contributed by atoms with E-state index in [-0.39, 0.29) is 12.3 Å². The molecular weight excluding hydrogens is 382 g/mol. The molecule has 3 nitrogen and oxygen atoms in total. The summed E-state index contributed by atoms with van der Waals surface area (Å²) >= 11 is 5.46. The standard InChI is InChI=1S/C25H41ClNO2/c1-2-3-4-5-6-7-8-9-10-11-12-13-14-15-16-20-24(28)23-19-17-18-21-27(23)22-25(26)29/h17-19,21H,2-16,20,22H2,1H3/q+1. The minimum atomic E-state index is -0.456. The molecule has 0 aliphatic heterocycles. The highest BCUT2D eigenvalue weighted by molar-refractivity contribution is 6.63. The Balaban J connectivity index is 1.97. The van der Waals surface area contributed by atoms with E-state index in [9.17, 15) is 9.59 Å². The maximum atomic E-state index is 12.4. The maximum Gasteiger partial charge on any atom is 0.286 e. The lowest BCUT2D eigenvalue weighted by atomic mass is 10.0. The number of carbonyl (C=O) groups excluding carboxylic acids is 2. The van der Waals surface area contributed by atoms with E-state index in [1.165, 1.54) is 83.5 Å². The van der Waals surface area contributed by atoms with Crippen molar-refractivity contribution in [2.24, 2.45) is 0 Å². The lowest BCUT2D eigenvalue weighted by Crippen LogP contribution is -2.42. The Hall–Kier alpha value is -1.22. The zero-order valence-corrected chi connectivity index (χ0v) is 19.2. The minimum Gasteiger partial charge on any atom is -0.287 e. The Bertz CT molecular complexity index is 574. The van der Waals surface area contributed by atoms with Crippen LogP contribution < -0.4 is 4.57 Å². The summed E-state index contributed by atoms with van der Waals surface area (Å²) in [6.45, 7) is 2.31. The normalized spacial score (nSPS) is 11.0. The molecule has 0 radical (unpaired) electrons. The van der Waals surface area contributed by atoms with Gasteiger partial charge >= 0.3 is 0 Å². The van der Waals surface area contributed by atoms with E-state index in [2.05, 4.69) is 6.92 Å². The van der Waals surface area contributed by atoms with E-state index in [0.29, 0.717) is 12.1 Å². The summed E-state index contributed by atoms with van der Waals surface area (Å²) in [5.41, 5.74) is 0.576. The number of aromatic nitrogens is 1. The molecule has 0 N–H and O–H groups in total. The number of pyridine rings is 1. The third kappa shape index (κ3) is 13.6. The zero-order chi connectivity index (χ0) is 21.2. The first-order valence-electron chi connectivity index (χ1n) is 11.8. The first-order valence-corrected chi connectivity index (χ1v) is 12.2. The van der Waals surface area contributed by atoms with Crippen molar-refractivity contribution in [3.8, 4) is 0 Å². The second-order valence-corrected chi connectivity index (χ2v) is 8.61. The third-order valence-corrected chi connectivity index (χ3v) is 5.65. The summed E-state index contributed by atoms with van der Waals surface area (Å²) in [6.07, 6.45) is 22.0. The van der Waals surface area contributed by atoms with Gasteiger partial charge < -0.3 is 0 Å². The molecule has 0 atom stereocenters. The van der Waals surface area contributed by atoms with Crippen molar-refractivity contribution in [2.75, 3.05) is 0 Å².